The van der Waals surface area contributed by atoms with E-state index in [9.17, 15) is 0 Å². The highest BCUT2D eigenvalue weighted by molar-refractivity contribution is 4.85. The predicted octanol–water partition coefficient (Wildman–Crippen LogP) is 4.36. The first kappa shape index (κ1) is 12.4. The zero-order valence-corrected chi connectivity index (χ0v) is 11.3. The van der Waals surface area contributed by atoms with E-state index in [0.29, 0.717) is 0 Å². The van der Waals surface area contributed by atoms with Crippen LogP contribution >= 0.6 is 0 Å². The molecule has 2 rings (SSSR count). The molecule has 0 aromatic heterocycles. The smallest absolute Gasteiger partial charge is 0.0101 e. The Kier molecular flexibility index (Phi) is 4.69. The molecule has 1 heteroatoms. The molecule has 0 unspecified atom stereocenters. The van der Waals surface area contributed by atoms with Crippen LogP contribution in [0, 0.1) is 0 Å². The van der Waals surface area contributed by atoms with Crippen LogP contribution < -0.4 is 0 Å². The van der Waals surface area contributed by atoms with Crippen LogP contribution in [0.25, 0.3) is 0 Å². The van der Waals surface area contributed by atoms with Crippen LogP contribution in [0.2, 0.25) is 0 Å². The lowest BCUT2D eigenvalue weighted by Gasteiger charge is -2.44. The summed E-state index contributed by atoms with van der Waals surface area (Å²) in [5, 5.41) is 0. The van der Waals surface area contributed by atoms with Crippen molar-refractivity contribution in [1.29, 1.82) is 0 Å². The lowest BCUT2D eigenvalue weighted by Crippen LogP contribution is -2.48. The molecule has 2 fully saturated rings. The summed E-state index contributed by atoms with van der Waals surface area (Å²) in [4.78, 5) is 2.89. The molecule has 0 aromatic rings. The van der Waals surface area contributed by atoms with Crippen LogP contribution in [0.1, 0.15) is 78.1 Å². The van der Waals surface area contributed by atoms with Gasteiger partial charge in [-0.3, -0.25) is 4.90 Å². The lowest BCUT2D eigenvalue weighted by atomic mass is 9.87. The molecule has 0 spiro atoms. The molecule has 2 saturated carbocycles. The highest BCUT2D eigenvalue weighted by Crippen LogP contribution is 2.31. The quantitative estimate of drug-likeness (QED) is 0.687. The summed E-state index contributed by atoms with van der Waals surface area (Å²) in [6.07, 6.45) is 14.7. The van der Waals surface area contributed by atoms with Gasteiger partial charge in [0.1, 0.15) is 0 Å². The summed E-state index contributed by atoms with van der Waals surface area (Å²) in [5.41, 5.74) is 0. The van der Waals surface area contributed by atoms with E-state index in [1.165, 1.54) is 64.2 Å². The zero-order chi connectivity index (χ0) is 11.4. The molecule has 0 amide bonds. The van der Waals surface area contributed by atoms with Crippen molar-refractivity contribution >= 4 is 0 Å². The molecule has 2 aliphatic rings. The minimum atomic E-state index is 0.756. The first-order chi connectivity index (χ1) is 7.79. The third kappa shape index (κ3) is 3.00. The largest absolute Gasteiger partial charge is 0.295 e. The maximum Gasteiger partial charge on any atom is 0.0101 e. The van der Waals surface area contributed by atoms with Crippen molar-refractivity contribution in [2.75, 3.05) is 0 Å². The van der Waals surface area contributed by atoms with E-state index < -0.39 is 0 Å². The third-order valence-electron chi connectivity index (χ3n) is 4.59. The van der Waals surface area contributed by atoms with Crippen LogP contribution in [0.15, 0.2) is 0 Å². The molecule has 94 valence electrons. The molecule has 0 atom stereocenters. The van der Waals surface area contributed by atoms with E-state index >= 15 is 0 Å². The van der Waals surface area contributed by atoms with E-state index in [-0.39, 0.29) is 0 Å². The zero-order valence-electron chi connectivity index (χ0n) is 11.3. The van der Waals surface area contributed by atoms with Gasteiger partial charge >= 0.3 is 0 Å². The summed E-state index contributed by atoms with van der Waals surface area (Å²) in [7, 11) is 0. The fourth-order valence-corrected chi connectivity index (χ4v) is 3.90. The van der Waals surface area contributed by atoms with Gasteiger partial charge in [-0.25, -0.2) is 0 Å². The van der Waals surface area contributed by atoms with Crippen LogP contribution in [-0.2, 0) is 0 Å². The van der Waals surface area contributed by atoms with E-state index in [1.54, 1.807) is 0 Å². The maximum atomic E-state index is 2.89. The number of rotatable bonds is 3. The molecule has 0 aliphatic heterocycles. The number of nitrogens with zero attached hydrogens (tertiary/aromatic N) is 1. The Bertz CT molecular complexity index is 170. The molecular formula is C15H29N. The van der Waals surface area contributed by atoms with Crippen molar-refractivity contribution in [3.63, 3.8) is 0 Å². The van der Waals surface area contributed by atoms with Crippen LogP contribution in [0.5, 0.6) is 0 Å². The second-order valence-electron chi connectivity index (χ2n) is 6.12. The van der Waals surface area contributed by atoms with Crippen molar-refractivity contribution in [2.24, 2.45) is 0 Å². The van der Waals surface area contributed by atoms with Crippen molar-refractivity contribution < 1.29 is 0 Å². The molecule has 0 aromatic carbocycles. The standard InChI is InChI=1S/C15H29N/c1-13(2)16(14-9-5-3-6-10-14)15-11-7-4-8-12-15/h13-15H,3-12H2,1-2H3. The van der Waals surface area contributed by atoms with Crippen LogP contribution in [0.4, 0.5) is 0 Å². The summed E-state index contributed by atoms with van der Waals surface area (Å²) < 4.78 is 0. The molecule has 1 nitrogen and oxygen atoms in total. The van der Waals surface area contributed by atoms with Gasteiger partial charge in [0, 0.05) is 18.1 Å². The highest BCUT2D eigenvalue weighted by atomic mass is 15.2. The van der Waals surface area contributed by atoms with Gasteiger partial charge in [-0.2, -0.15) is 0 Å². The molecule has 16 heavy (non-hydrogen) atoms. The van der Waals surface area contributed by atoms with Gasteiger partial charge in [0.15, 0.2) is 0 Å². The second kappa shape index (κ2) is 6.05. The molecule has 0 bridgehead atoms. The summed E-state index contributed by atoms with van der Waals surface area (Å²) >= 11 is 0. The molecule has 0 radical (unpaired) electrons. The maximum absolute atomic E-state index is 2.89. The van der Waals surface area contributed by atoms with Crippen molar-refractivity contribution in [3.8, 4) is 0 Å². The van der Waals surface area contributed by atoms with E-state index in [4.69, 9.17) is 0 Å². The topological polar surface area (TPSA) is 3.24 Å². The monoisotopic (exact) mass is 223 g/mol. The molecule has 0 saturated heterocycles. The van der Waals surface area contributed by atoms with Crippen LogP contribution in [-0.4, -0.2) is 23.0 Å². The average molecular weight is 223 g/mol. The summed E-state index contributed by atoms with van der Waals surface area (Å²) in [6.45, 7) is 4.81. The van der Waals surface area contributed by atoms with Crippen molar-refractivity contribution in [3.05, 3.63) is 0 Å². The molecule has 2 aliphatic carbocycles. The fourth-order valence-electron chi connectivity index (χ4n) is 3.90. The van der Waals surface area contributed by atoms with Gasteiger partial charge in [0.05, 0.1) is 0 Å². The summed E-state index contributed by atoms with van der Waals surface area (Å²) in [6, 6.07) is 2.58. The Balaban J connectivity index is 1.96. The molecular weight excluding hydrogens is 194 g/mol. The first-order valence-corrected chi connectivity index (χ1v) is 7.56. The normalized spacial score (nSPS) is 25.5. The van der Waals surface area contributed by atoms with Gasteiger partial charge in [0.2, 0.25) is 0 Å². The van der Waals surface area contributed by atoms with Crippen molar-refractivity contribution in [1.82, 2.24) is 4.90 Å². The number of hydrogen-bond acceptors (Lipinski definition) is 1. The van der Waals surface area contributed by atoms with Gasteiger partial charge in [-0.15, -0.1) is 0 Å². The second-order valence-corrected chi connectivity index (χ2v) is 6.12. The highest BCUT2D eigenvalue weighted by Gasteiger charge is 2.30. The predicted molar refractivity (Wildman–Crippen MR) is 70.7 cm³/mol. The SMILES string of the molecule is CC(C)N(C1CCCCC1)C1CCCCC1. The van der Waals surface area contributed by atoms with Gasteiger partial charge in [0.25, 0.3) is 0 Å². The van der Waals surface area contributed by atoms with E-state index in [0.717, 1.165) is 18.1 Å². The van der Waals surface area contributed by atoms with Gasteiger partial charge in [-0.1, -0.05) is 38.5 Å². The van der Waals surface area contributed by atoms with Crippen LogP contribution in [0.3, 0.4) is 0 Å². The first-order valence-electron chi connectivity index (χ1n) is 7.56. The Morgan fingerprint density at radius 2 is 1.06 bits per heavy atom. The lowest BCUT2D eigenvalue weighted by molar-refractivity contribution is 0.0512. The van der Waals surface area contributed by atoms with E-state index in [1.807, 2.05) is 0 Å². The van der Waals surface area contributed by atoms with Gasteiger partial charge in [-0.05, 0) is 39.5 Å². The minimum absolute atomic E-state index is 0.756. The Hall–Kier alpha value is -0.0400. The molecule has 0 heterocycles. The minimum Gasteiger partial charge on any atom is -0.295 e. The van der Waals surface area contributed by atoms with Gasteiger partial charge < -0.3 is 0 Å². The summed E-state index contributed by atoms with van der Waals surface area (Å²) in [5.74, 6) is 0. The van der Waals surface area contributed by atoms with Crippen molar-refractivity contribution in [2.45, 2.75) is 96.2 Å². The molecule has 0 N–H and O–H groups in total. The van der Waals surface area contributed by atoms with E-state index in [2.05, 4.69) is 18.7 Å². The average Bonchev–Trinajstić information content (AvgIpc) is 2.31. The Morgan fingerprint density at radius 3 is 1.38 bits per heavy atom. The Labute approximate surface area is 102 Å². The third-order valence-corrected chi connectivity index (χ3v) is 4.59. The Morgan fingerprint density at radius 1 is 0.688 bits per heavy atom. The number of hydrogen-bond donors (Lipinski definition) is 0. The fraction of sp³-hybridized carbons (Fsp3) is 1.00.